The predicted molar refractivity (Wildman–Crippen MR) is 152 cm³/mol. The quantitative estimate of drug-likeness (QED) is 0.237. The number of benzene rings is 2. The van der Waals surface area contributed by atoms with Gasteiger partial charge in [-0.3, -0.25) is 9.48 Å². The van der Waals surface area contributed by atoms with E-state index in [4.69, 9.17) is 15.6 Å². The summed E-state index contributed by atoms with van der Waals surface area (Å²) >= 11 is 0. The van der Waals surface area contributed by atoms with Crippen LogP contribution in [0.1, 0.15) is 39.7 Å². The number of ether oxygens (including phenoxy) is 1. The minimum atomic E-state index is -0.505. The lowest BCUT2D eigenvalue weighted by atomic mass is 9.93. The molecule has 0 spiro atoms. The van der Waals surface area contributed by atoms with Gasteiger partial charge in [0.15, 0.2) is 0 Å². The Balaban J connectivity index is 1.49. The van der Waals surface area contributed by atoms with Crippen LogP contribution in [0.2, 0.25) is 0 Å². The second-order valence-electron chi connectivity index (χ2n) is 11.0. The van der Waals surface area contributed by atoms with E-state index >= 15 is 4.39 Å². The van der Waals surface area contributed by atoms with Crippen molar-refractivity contribution in [2.75, 3.05) is 18.8 Å². The molecule has 1 amide bonds. The first-order valence-corrected chi connectivity index (χ1v) is 13.2. The summed E-state index contributed by atoms with van der Waals surface area (Å²) in [5, 5.41) is 15.0. The molecule has 204 valence electrons. The number of hydrogen-bond acceptors (Lipinski definition) is 6. The van der Waals surface area contributed by atoms with Gasteiger partial charge in [-0.1, -0.05) is 45.0 Å². The average molecular weight is 539 g/mol. The topological polar surface area (TPSA) is 110 Å². The number of rotatable bonds is 5. The number of piperidine rings is 1. The van der Waals surface area contributed by atoms with Crippen molar-refractivity contribution in [3.63, 3.8) is 0 Å². The Hall–Kier alpha value is -4.71. The van der Waals surface area contributed by atoms with Gasteiger partial charge in [0.1, 0.15) is 40.5 Å². The molecule has 1 aliphatic rings. The number of likely N-dealkylation sites (tertiary alicyclic amines) is 1. The van der Waals surface area contributed by atoms with E-state index in [2.05, 4.69) is 11.1 Å². The van der Waals surface area contributed by atoms with E-state index in [-0.39, 0.29) is 34.3 Å². The molecule has 5 rings (SSSR count). The standard InChI is InChI=1S/C31H31FN6O2/c1-31(2,3)17-20(18-33)30(39)37-15-7-8-21(19-37)38-26-13-14-35-29(34)27(26)28(36-38)24-12-11-23(16-25(24)32)40-22-9-5-4-6-10-22/h4-6,9-14,16-17,21H,7-8,15,19H2,1-3H3,(H2,34,35)/t21-/m1/s1. The molecule has 1 saturated heterocycles. The molecule has 1 atom stereocenters. The van der Waals surface area contributed by atoms with E-state index in [0.717, 1.165) is 12.8 Å². The van der Waals surface area contributed by atoms with Crippen molar-refractivity contribution >= 4 is 22.6 Å². The lowest BCUT2D eigenvalue weighted by Crippen LogP contribution is -2.41. The molecular weight excluding hydrogens is 507 g/mol. The monoisotopic (exact) mass is 538 g/mol. The molecule has 3 heterocycles. The number of allylic oxidation sites excluding steroid dienone is 1. The van der Waals surface area contributed by atoms with Gasteiger partial charge in [-0.2, -0.15) is 10.4 Å². The molecule has 2 aromatic heterocycles. The predicted octanol–water partition coefficient (Wildman–Crippen LogP) is 6.27. The van der Waals surface area contributed by atoms with Gasteiger partial charge in [0.05, 0.1) is 16.9 Å². The van der Waals surface area contributed by atoms with Crippen LogP contribution in [0.25, 0.3) is 22.2 Å². The highest BCUT2D eigenvalue weighted by Crippen LogP contribution is 2.37. The zero-order chi connectivity index (χ0) is 28.4. The number of nitrogens with two attached hydrogens (primary N) is 1. The summed E-state index contributed by atoms with van der Waals surface area (Å²) in [5.74, 6) is 0.410. The number of pyridine rings is 1. The van der Waals surface area contributed by atoms with Gasteiger partial charge in [-0.05, 0) is 48.6 Å². The first-order valence-electron chi connectivity index (χ1n) is 13.2. The molecular formula is C31H31FN6O2. The van der Waals surface area contributed by atoms with Gasteiger partial charge in [-0.15, -0.1) is 0 Å². The van der Waals surface area contributed by atoms with Crippen LogP contribution in [0.5, 0.6) is 11.5 Å². The summed E-state index contributed by atoms with van der Waals surface area (Å²) < 4.78 is 23.1. The van der Waals surface area contributed by atoms with Gasteiger partial charge >= 0.3 is 0 Å². The normalized spacial score (nSPS) is 16.1. The Morgan fingerprint density at radius 2 is 1.95 bits per heavy atom. The van der Waals surface area contributed by atoms with Crippen molar-refractivity contribution in [3.05, 3.63) is 78.3 Å². The maximum absolute atomic E-state index is 15.5. The molecule has 0 bridgehead atoms. The Morgan fingerprint density at radius 1 is 1.18 bits per heavy atom. The summed E-state index contributed by atoms with van der Waals surface area (Å²) in [6.45, 7) is 6.77. The van der Waals surface area contributed by atoms with Crippen LogP contribution in [0.3, 0.4) is 0 Å². The van der Waals surface area contributed by atoms with E-state index in [9.17, 15) is 10.1 Å². The SMILES string of the molecule is CC(C)(C)C=C(C#N)C(=O)N1CCC[C@@H](n2nc(-c3ccc(Oc4ccccc4)cc3F)c3c(N)nccc32)C1. The van der Waals surface area contributed by atoms with Crippen LogP contribution in [0.4, 0.5) is 10.2 Å². The third kappa shape index (κ3) is 5.52. The highest BCUT2D eigenvalue weighted by molar-refractivity contribution is 6.00. The van der Waals surface area contributed by atoms with Gasteiger partial charge in [0, 0.05) is 30.9 Å². The molecule has 1 aliphatic heterocycles. The summed E-state index contributed by atoms with van der Waals surface area (Å²) in [5.41, 5.74) is 7.47. The molecule has 0 aliphatic carbocycles. The molecule has 2 aromatic carbocycles. The third-order valence-electron chi connectivity index (χ3n) is 6.78. The Bertz CT molecular complexity index is 1630. The number of hydrogen-bond donors (Lipinski definition) is 1. The summed E-state index contributed by atoms with van der Waals surface area (Å²) in [4.78, 5) is 19.2. The number of halogens is 1. The van der Waals surface area contributed by atoms with E-state index in [1.165, 1.54) is 6.07 Å². The molecule has 9 heteroatoms. The maximum atomic E-state index is 15.5. The van der Waals surface area contributed by atoms with Crippen LogP contribution >= 0.6 is 0 Å². The van der Waals surface area contributed by atoms with Crippen LogP contribution in [0.15, 0.2) is 72.4 Å². The smallest absolute Gasteiger partial charge is 0.264 e. The number of fused-ring (bicyclic) bond motifs is 1. The number of carbonyl (C=O) groups excluding carboxylic acids is 1. The van der Waals surface area contributed by atoms with E-state index in [0.29, 0.717) is 41.2 Å². The van der Waals surface area contributed by atoms with Crippen molar-refractivity contribution in [1.82, 2.24) is 19.7 Å². The summed E-state index contributed by atoms with van der Waals surface area (Å²) in [7, 11) is 0. The van der Waals surface area contributed by atoms with Crippen molar-refractivity contribution < 1.29 is 13.9 Å². The molecule has 0 radical (unpaired) electrons. The fourth-order valence-electron chi connectivity index (χ4n) is 5.04. The van der Waals surface area contributed by atoms with E-state index < -0.39 is 5.82 Å². The minimum absolute atomic E-state index is 0.132. The zero-order valence-corrected chi connectivity index (χ0v) is 22.8. The molecule has 1 fully saturated rings. The number of nitrogen functional groups attached to an aromatic ring is 1. The number of nitrogens with zero attached hydrogens (tertiary/aromatic N) is 5. The fraction of sp³-hybridized carbons (Fsp3) is 0.290. The van der Waals surface area contributed by atoms with Crippen molar-refractivity contribution in [2.24, 2.45) is 5.41 Å². The summed E-state index contributed by atoms with van der Waals surface area (Å²) in [6, 6.07) is 17.5. The maximum Gasteiger partial charge on any atom is 0.264 e. The molecule has 2 N–H and O–H groups in total. The fourth-order valence-corrected chi connectivity index (χ4v) is 5.04. The van der Waals surface area contributed by atoms with Crippen LogP contribution in [-0.4, -0.2) is 38.7 Å². The van der Waals surface area contributed by atoms with Crippen LogP contribution < -0.4 is 10.5 Å². The highest BCUT2D eigenvalue weighted by atomic mass is 19.1. The van der Waals surface area contributed by atoms with Crippen molar-refractivity contribution in [2.45, 2.75) is 39.7 Å². The average Bonchev–Trinajstić information content (AvgIpc) is 3.32. The first-order chi connectivity index (χ1) is 19.1. The van der Waals surface area contributed by atoms with Crippen LogP contribution in [-0.2, 0) is 4.79 Å². The number of carbonyl (C=O) groups is 1. The van der Waals surface area contributed by atoms with E-state index in [1.54, 1.807) is 47.5 Å². The Morgan fingerprint density at radius 3 is 2.65 bits per heavy atom. The zero-order valence-electron chi connectivity index (χ0n) is 22.8. The van der Waals surface area contributed by atoms with Crippen molar-refractivity contribution in [3.8, 4) is 28.8 Å². The summed E-state index contributed by atoms with van der Waals surface area (Å²) in [6.07, 6.45) is 4.81. The first kappa shape index (κ1) is 26.9. The lowest BCUT2D eigenvalue weighted by molar-refractivity contribution is -0.128. The number of nitriles is 1. The lowest BCUT2D eigenvalue weighted by Gasteiger charge is -2.33. The number of amides is 1. The van der Waals surface area contributed by atoms with E-state index in [1.807, 2.05) is 43.7 Å². The Labute approximate surface area is 232 Å². The Kier molecular flexibility index (Phi) is 7.26. The van der Waals surface area contributed by atoms with Gasteiger partial charge in [0.25, 0.3) is 5.91 Å². The number of para-hydroxylation sites is 1. The molecule has 0 saturated carbocycles. The van der Waals surface area contributed by atoms with Gasteiger partial charge in [-0.25, -0.2) is 9.37 Å². The molecule has 4 aromatic rings. The second-order valence-corrected chi connectivity index (χ2v) is 11.0. The van der Waals surface area contributed by atoms with Gasteiger partial charge in [0.2, 0.25) is 0 Å². The van der Waals surface area contributed by atoms with Gasteiger partial charge < -0.3 is 15.4 Å². The molecule has 8 nitrogen and oxygen atoms in total. The third-order valence-corrected chi connectivity index (χ3v) is 6.78. The minimum Gasteiger partial charge on any atom is -0.457 e. The highest BCUT2D eigenvalue weighted by Gasteiger charge is 2.30. The number of aromatic nitrogens is 3. The molecule has 40 heavy (non-hydrogen) atoms. The second kappa shape index (κ2) is 10.8. The van der Waals surface area contributed by atoms with Crippen molar-refractivity contribution in [1.29, 1.82) is 5.26 Å². The number of anilines is 1. The largest absolute Gasteiger partial charge is 0.457 e. The van der Waals surface area contributed by atoms with Crippen LogP contribution in [0, 0.1) is 22.6 Å². The molecule has 0 unspecified atom stereocenters.